The third-order valence-electron chi connectivity index (χ3n) is 10.2. The molecule has 0 atom stereocenters. The number of rotatable bonds is 13. The van der Waals surface area contributed by atoms with Gasteiger partial charge in [0.1, 0.15) is 24.6 Å². The van der Waals surface area contributed by atoms with Gasteiger partial charge >= 0.3 is 250 Å². The summed E-state index contributed by atoms with van der Waals surface area (Å²) in [5.41, 5.74) is 21.1. The van der Waals surface area contributed by atoms with Gasteiger partial charge < -0.3 is 103 Å². The first-order valence-electron chi connectivity index (χ1n) is 23.5. The number of hydrogen-bond donors (Lipinski definition) is 7. The molecule has 0 fully saturated rings. The van der Waals surface area contributed by atoms with Gasteiger partial charge in [-0.1, -0.05) is 128 Å². The number of carboxylic acid groups (broad SMARTS) is 1. The van der Waals surface area contributed by atoms with Gasteiger partial charge in [0.25, 0.3) is 11.4 Å². The van der Waals surface area contributed by atoms with E-state index in [9.17, 15) is 48.6 Å². The Balaban J connectivity index is -0.000000151. The average molecular weight is 1640 g/mol. The van der Waals surface area contributed by atoms with Gasteiger partial charge in [-0.2, -0.15) is 19.6 Å². The van der Waals surface area contributed by atoms with Crippen molar-refractivity contribution in [3.63, 3.8) is 0 Å². The van der Waals surface area contributed by atoms with E-state index in [1.54, 1.807) is 50.5 Å². The molecule has 0 aromatic heterocycles. The number of nitrogen functional groups attached to an aromatic ring is 3. The third-order valence-corrected chi connectivity index (χ3v) is 11.8. The Morgan fingerprint density at radius 2 is 0.912 bits per heavy atom. The molecule has 0 unspecified atom stereocenters. The number of nitrogens with zero attached hydrogens (tertiary/aromatic N) is 3. The van der Waals surface area contributed by atoms with E-state index in [-0.39, 0.29) is 300 Å². The molecule has 0 heterocycles. The number of hydrogen-bond acceptors (Lipinski definition) is 19. The SMILES string of the molecule is C.C.C.C.C.CN(Cc1cc(N)ccc1[S-])C(=O)OCc1ccccc1.CNC(=O)c1cc(N)ccc1[S-].CNC(=O)c1cc([N+](=O)[O-])ccc1[S-].CNCc1cc(N)ccc1[S-].O=C(Cl)OCc1ccccc1.O=C(O)c1cc([N+](=O)[O-])ccc1F.[Rb+].[Rb+].[Rb+].[Rb+]. The third kappa shape index (κ3) is 42.5. The monoisotopic (exact) mass is 1640 g/mol. The number of ether oxygens (including phenoxy) is 2. The molecule has 0 aliphatic heterocycles. The number of nitrogens with one attached hydrogen (secondary N) is 3. The molecule has 3 amide bonds. The Morgan fingerprint density at radius 1 is 0.549 bits per heavy atom. The van der Waals surface area contributed by atoms with Gasteiger partial charge in [0.2, 0.25) is 11.8 Å². The van der Waals surface area contributed by atoms with Crippen LogP contribution >= 0.6 is 11.6 Å². The Labute approximate surface area is 756 Å². The van der Waals surface area contributed by atoms with Crippen LogP contribution in [0.3, 0.4) is 0 Å². The summed E-state index contributed by atoms with van der Waals surface area (Å²) in [5, 5.41) is 36.9. The molecule has 0 saturated heterocycles. The van der Waals surface area contributed by atoms with Crippen LogP contribution in [-0.2, 0) is 86.3 Å². The van der Waals surface area contributed by atoms with E-state index in [1.165, 1.54) is 30.1 Å². The van der Waals surface area contributed by atoms with Gasteiger partial charge in [0.05, 0.1) is 9.85 Å². The maximum Gasteiger partial charge on any atom is 1.00 e. The van der Waals surface area contributed by atoms with Crippen LogP contribution in [0.2, 0.25) is 0 Å². The van der Waals surface area contributed by atoms with Crippen LogP contribution < -0.4 is 266 Å². The quantitative estimate of drug-likeness (QED) is 0.0271. The van der Waals surface area contributed by atoms with Crippen LogP contribution in [0.1, 0.15) is 90.5 Å². The summed E-state index contributed by atoms with van der Waals surface area (Å²) >= 11 is 25.1. The van der Waals surface area contributed by atoms with Crippen molar-refractivity contribution in [2.45, 2.75) is 83.0 Å². The standard InChI is InChI=1S/C16H18N2O2S.C8H7ClO2.C8H8N2O3S.C8H10N2OS.C8H12N2S.C7H4FNO4.5CH4.4Rb/c1-18(10-13-9-14(17)7-8-15(13)21)16(19)20-11-12-5-3-2-4-6-12;9-8(10)11-6-7-4-2-1-3-5-7;1-9-8(11)6-4-5(10(12)13)2-3-7(6)14;1-10-8(11)6-4-5(9)2-3-7(6)12;1-10-5-6-4-7(9)2-3-8(6)11;8-6-2-1-4(9(12)13)3-5(6)7(10)11;;;;;;;;;/h2-9,21H,10-11,17H2,1H3;1-5H,6H2;2-4,14H,1H3,(H,9,11);2-4,12H,9H2,1H3,(H,10,11);2-4,10-11H,5,9H2,1H3;1-3H,(H,10,11);5*1H4;;;;/q;;;;;;;;;;;4*+1/p-4. The fraction of sp³-hybridized carbons (Fsp3) is 0.217. The van der Waals surface area contributed by atoms with Crippen molar-refractivity contribution in [3.05, 3.63) is 217 Å². The average Bonchev–Trinajstić information content (AvgIpc) is 2.70. The smallest absolute Gasteiger partial charge is 0.779 e. The summed E-state index contributed by atoms with van der Waals surface area (Å²) in [4.78, 5) is 77.9. The second-order valence-electron chi connectivity index (χ2n) is 16.3. The molecule has 0 spiro atoms. The number of carboxylic acids is 1. The summed E-state index contributed by atoms with van der Waals surface area (Å²) in [5.74, 6) is -3.13. The number of halogens is 2. The molecule has 7 rings (SSSR count). The minimum atomic E-state index is -1.53. The number of nitrogens with two attached hydrogens (primary N) is 3. The molecule has 7 aromatic rings. The van der Waals surface area contributed by atoms with Gasteiger partial charge in [-0.15, -0.1) is 0 Å². The zero-order valence-corrected chi connectivity index (χ0v) is 71.8. The van der Waals surface area contributed by atoms with Gasteiger partial charge in [0.15, 0.2) is 0 Å². The normalized spacial score (nSPS) is 8.73. The molecule has 0 aliphatic carbocycles. The molecule has 31 heteroatoms. The van der Waals surface area contributed by atoms with Gasteiger partial charge in [0, 0.05) is 98.3 Å². The van der Waals surface area contributed by atoms with Crippen LogP contribution in [-0.4, -0.2) is 77.3 Å². The summed E-state index contributed by atoms with van der Waals surface area (Å²) < 4.78 is 22.5. The predicted molar refractivity (Wildman–Crippen MR) is 352 cm³/mol. The van der Waals surface area contributed by atoms with Crippen molar-refractivity contribution in [3.8, 4) is 0 Å². The van der Waals surface area contributed by atoms with E-state index in [1.807, 2.05) is 85.9 Å². The van der Waals surface area contributed by atoms with Gasteiger partial charge in [-0.25, -0.2) is 18.8 Å². The number of nitro benzene ring substituents is 2. The first kappa shape index (κ1) is 105. The number of amides is 3. The van der Waals surface area contributed by atoms with Crippen molar-refractivity contribution in [1.29, 1.82) is 0 Å². The Kier molecular flexibility index (Phi) is 67.4. The van der Waals surface area contributed by atoms with Crippen LogP contribution in [0.15, 0.2) is 171 Å². The largest absolute Gasteiger partial charge is 1.00 e. The molecular weight excluding hydrogens is 1560 g/mol. The Bertz CT molecular complexity index is 3310. The zero-order valence-electron chi connectivity index (χ0n) is 48.2. The first-order chi connectivity index (χ1) is 38.8. The minimum Gasteiger partial charge on any atom is -0.779 e. The van der Waals surface area contributed by atoms with Crippen LogP contribution in [0, 0.1) is 26.0 Å². The summed E-state index contributed by atoms with van der Waals surface area (Å²) in [6.45, 7) is 1.65. The zero-order chi connectivity index (χ0) is 61.5. The number of carbonyl (C=O) groups is 5. The van der Waals surface area contributed by atoms with E-state index < -0.39 is 50.3 Å². The number of non-ortho nitro benzene ring substituents is 2. The van der Waals surface area contributed by atoms with Crippen molar-refractivity contribution in [2.75, 3.05) is 45.4 Å². The van der Waals surface area contributed by atoms with E-state index >= 15 is 0 Å². The second-order valence-corrected chi connectivity index (χ2v) is 18.3. The fourth-order valence-corrected chi connectivity index (χ4v) is 6.99. The molecule has 0 radical (unpaired) electrons. The number of anilines is 3. The number of carbonyl (C=O) groups excluding carboxylic acids is 4. The Morgan fingerprint density at radius 3 is 1.32 bits per heavy atom. The summed E-state index contributed by atoms with van der Waals surface area (Å²) in [7, 11) is 6.56. The first-order valence-corrected chi connectivity index (χ1v) is 25.5. The molecule has 0 saturated carbocycles. The maximum absolute atomic E-state index is 12.7. The second kappa shape index (κ2) is 58.3. The molecule has 91 heavy (non-hydrogen) atoms. The molecule has 0 aliphatic rings. The van der Waals surface area contributed by atoms with Crippen molar-refractivity contribution in [1.82, 2.24) is 20.9 Å². The van der Waals surface area contributed by atoms with Crippen molar-refractivity contribution >= 4 is 120 Å². The fourth-order valence-electron chi connectivity index (χ4n) is 6.11. The summed E-state index contributed by atoms with van der Waals surface area (Å²) in [6.07, 6.45) is -0.393. The minimum absolute atomic E-state index is 0. The topological polar surface area (TPSA) is 328 Å². The van der Waals surface area contributed by atoms with E-state index in [2.05, 4.69) is 20.7 Å². The van der Waals surface area contributed by atoms with E-state index in [0.717, 1.165) is 51.5 Å². The maximum atomic E-state index is 12.7. The number of nitro groups is 2. The van der Waals surface area contributed by atoms with Crippen molar-refractivity contribution in [2.24, 2.45) is 0 Å². The molecular formula is C60H75ClFN9O12Rb4S4. The summed E-state index contributed by atoms with van der Waals surface area (Å²) in [6, 6.07) is 40.8. The predicted octanol–water partition coefficient (Wildman–Crippen LogP) is 0.422. The Hall–Kier alpha value is -1.83. The van der Waals surface area contributed by atoms with Gasteiger partial charge in [-0.05, 0) is 66.2 Å². The molecule has 474 valence electrons. The van der Waals surface area contributed by atoms with Gasteiger partial charge in [-0.3, -0.25) is 29.8 Å². The van der Waals surface area contributed by atoms with Crippen molar-refractivity contribution < 1.29 is 286 Å². The molecule has 10 N–H and O–H groups in total. The number of benzene rings is 7. The van der Waals surface area contributed by atoms with Crippen LogP contribution in [0.25, 0.3) is 0 Å². The number of aromatic carboxylic acids is 1. The van der Waals surface area contributed by atoms with E-state index in [0.29, 0.717) is 44.2 Å². The van der Waals surface area contributed by atoms with Crippen LogP contribution in [0.5, 0.6) is 0 Å². The molecule has 21 nitrogen and oxygen atoms in total. The van der Waals surface area contributed by atoms with Crippen LogP contribution in [0.4, 0.5) is 42.4 Å². The molecule has 0 bridgehead atoms. The molecule has 7 aromatic carbocycles. The van der Waals surface area contributed by atoms with E-state index in [4.69, 9.17) is 89.2 Å².